The van der Waals surface area contributed by atoms with Crippen molar-refractivity contribution in [2.45, 2.75) is 32.3 Å². The smallest absolute Gasteiger partial charge is 0.315 e. The average molecular weight is 503 g/mol. The largest absolute Gasteiger partial charge is 0.493 e. The summed E-state index contributed by atoms with van der Waals surface area (Å²) in [5, 5.41) is 10.4. The number of aliphatic hydroxyl groups excluding tert-OH is 1. The standard InChI is InChI=1S/C28H35FO7/c1-18(2)23-17-25(33-4)27(35-16-15-34-14-13-32-3)26(19-5-7-20(29)8-6-19)21(23)9-10-22-24(30)11-12-36-28(22)31/h5-10,17-18,22,24,30H,11-16H2,1-4H3/t22-,24+/m0/s1. The van der Waals surface area contributed by atoms with Crippen molar-refractivity contribution in [3.8, 4) is 22.6 Å². The van der Waals surface area contributed by atoms with Crippen LogP contribution < -0.4 is 9.47 Å². The van der Waals surface area contributed by atoms with Gasteiger partial charge in [-0.2, -0.15) is 0 Å². The lowest BCUT2D eigenvalue weighted by Gasteiger charge is -2.25. The zero-order valence-electron chi connectivity index (χ0n) is 21.3. The molecule has 0 unspecified atom stereocenters. The van der Waals surface area contributed by atoms with Crippen LogP contribution >= 0.6 is 0 Å². The third-order valence-electron chi connectivity index (χ3n) is 6.01. The van der Waals surface area contributed by atoms with E-state index < -0.39 is 18.0 Å². The van der Waals surface area contributed by atoms with Crippen molar-refractivity contribution >= 4 is 12.0 Å². The number of carbonyl (C=O) groups is 1. The zero-order chi connectivity index (χ0) is 26.1. The van der Waals surface area contributed by atoms with Crippen LogP contribution in [0, 0.1) is 11.7 Å². The molecule has 196 valence electrons. The molecule has 1 fully saturated rings. The normalized spacial score (nSPS) is 18.0. The third-order valence-corrected chi connectivity index (χ3v) is 6.01. The molecule has 0 saturated carbocycles. The van der Waals surface area contributed by atoms with Gasteiger partial charge >= 0.3 is 5.97 Å². The van der Waals surface area contributed by atoms with Crippen LogP contribution in [0.5, 0.6) is 11.5 Å². The first-order chi connectivity index (χ1) is 17.4. The van der Waals surface area contributed by atoms with Crippen molar-refractivity contribution in [2.75, 3.05) is 47.3 Å². The summed E-state index contributed by atoms with van der Waals surface area (Å²) in [6, 6.07) is 8.04. The number of carbonyl (C=O) groups excluding carboxylic acids is 1. The van der Waals surface area contributed by atoms with Gasteiger partial charge in [0.1, 0.15) is 18.3 Å². The Balaban J connectivity index is 2.11. The summed E-state index contributed by atoms with van der Waals surface area (Å²) in [4.78, 5) is 12.3. The monoisotopic (exact) mass is 502 g/mol. The fraction of sp³-hybridized carbons (Fsp3) is 0.464. The van der Waals surface area contributed by atoms with Gasteiger partial charge in [0, 0.05) is 19.1 Å². The summed E-state index contributed by atoms with van der Waals surface area (Å²) in [5.74, 6) is -0.491. The van der Waals surface area contributed by atoms with Gasteiger partial charge in [0.25, 0.3) is 0 Å². The van der Waals surface area contributed by atoms with Crippen molar-refractivity contribution in [2.24, 2.45) is 5.92 Å². The van der Waals surface area contributed by atoms with E-state index in [-0.39, 0.29) is 24.9 Å². The van der Waals surface area contributed by atoms with Crippen LogP contribution in [0.4, 0.5) is 4.39 Å². The SMILES string of the molecule is COCCOCCOc1c(OC)cc(C(C)C)c(C=C[C@@H]2C(=O)OCC[C@H]2O)c1-c1ccc(F)cc1. The quantitative estimate of drug-likeness (QED) is 0.335. The van der Waals surface area contributed by atoms with Crippen LogP contribution in [0.1, 0.15) is 37.3 Å². The molecule has 0 radical (unpaired) electrons. The Labute approximate surface area is 211 Å². The Morgan fingerprint density at radius 1 is 1.14 bits per heavy atom. The number of aliphatic hydroxyl groups is 1. The molecule has 1 heterocycles. The van der Waals surface area contributed by atoms with Crippen LogP contribution in [0.2, 0.25) is 0 Å². The van der Waals surface area contributed by atoms with Gasteiger partial charge in [0.2, 0.25) is 0 Å². The number of cyclic esters (lactones) is 1. The van der Waals surface area contributed by atoms with E-state index in [2.05, 4.69) is 13.8 Å². The molecule has 36 heavy (non-hydrogen) atoms. The second-order valence-corrected chi connectivity index (χ2v) is 8.81. The van der Waals surface area contributed by atoms with E-state index in [1.165, 1.54) is 12.1 Å². The van der Waals surface area contributed by atoms with E-state index in [4.69, 9.17) is 23.7 Å². The Kier molecular flexibility index (Phi) is 10.3. The number of hydrogen-bond acceptors (Lipinski definition) is 7. The first kappa shape index (κ1) is 27.6. The maximum atomic E-state index is 13.8. The van der Waals surface area contributed by atoms with Gasteiger partial charge in [-0.3, -0.25) is 4.79 Å². The van der Waals surface area contributed by atoms with Crippen LogP contribution in [0.3, 0.4) is 0 Å². The Hall–Kier alpha value is -2.94. The Morgan fingerprint density at radius 2 is 1.86 bits per heavy atom. The molecule has 0 spiro atoms. The minimum atomic E-state index is -0.822. The number of ether oxygens (including phenoxy) is 5. The van der Waals surface area contributed by atoms with Crippen LogP contribution in [-0.4, -0.2) is 64.4 Å². The molecule has 0 aromatic heterocycles. The van der Waals surface area contributed by atoms with Gasteiger partial charge in [-0.05, 0) is 40.8 Å². The van der Waals surface area contributed by atoms with E-state index in [0.29, 0.717) is 43.3 Å². The van der Waals surface area contributed by atoms with Crippen LogP contribution in [0.25, 0.3) is 17.2 Å². The molecule has 1 aliphatic rings. The van der Waals surface area contributed by atoms with Crippen molar-refractivity contribution in [1.82, 2.24) is 0 Å². The summed E-state index contributed by atoms with van der Waals surface area (Å²) < 4.78 is 41.4. The second kappa shape index (κ2) is 13.4. The molecule has 1 N–H and O–H groups in total. The van der Waals surface area contributed by atoms with Gasteiger partial charge in [-0.25, -0.2) is 4.39 Å². The van der Waals surface area contributed by atoms with Gasteiger partial charge in [0.05, 0.1) is 39.6 Å². The van der Waals surface area contributed by atoms with E-state index in [9.17, 15) is 14.3 Å². The number of halogens is 1. The van der Waals surface area contributed by atoms with Gasteiger partial charge in [-0.1, -0.05) is 38.1 Å². The highest BCUT2D eigenvalue weighted by molar-refractivity contribution is 5.86. The minimum Gasteiger partial charge on any atom is -0.493 e. The van der Waals surface area contributed by atoms with Crippen LogP contribution in [0.15, 0.2) is 36.4 Å². The Morgan fingerprint density at radius 3 is 2.50 bits per heavy atom. The summed E-state index contributed by atoms with van der Waals surface area (Å²) in [6.07, 6.45) is 3.04. The van der Waals surface area contributed by atoms with Crippen molar-refractivity contribution in [3.05, 3.63) is 53.4 Å². The molecule has 2 aromatic carbocycles. The first-order valence-corrected chi connectivity index (χ1v) is 12.1. The topological polar surface area (TPSA) is 83.5 Å². The molecule has 0 amide bonds. The van der Waals surface area contributed by atoms with E-state index in [1.54, 1.807) is 32.4 Å². The fourth-order valence-corrected chi connectivity index (χ4v) is 4.10. The highest BCUT2D eigenvalue weighted by Gasteiger charge is 2.30. The van der Waals surface area contributed by atoms with Gasteiger partial charge in [-0.15, -0.1) is 0 Å². The lowest BCUT2D eigenvalue weighted by atomic mass is 9.87. The van der Waals surface area contributed by atoms with Crippen LogP contribution in [-0.2, 0) is 19.0 Å². The molecule has 0 bridgehead atoms. The minimum absolute atomic E-state index is 0.0902. The number of esters is 1. The second-order valence-electron chi connectivity index (χ2n) is 8.81. The predicted molar refractivity (Wildman–Crippen MR) is 135 cm³/mol. The van der Waals surface area contributed by atoms with Crippen molar-refractivity contribution < 1.29 is 38.0 Å². The lowest BCUT2D eigenvalue weighted by Crippen LogP contribution is -2.34. The van der Waals surface area contributed by atoms with Gasteiger partial charge in [0.15, 0.2) is 11.5 Å². The zero-order valence-corrected chi connectivity index (χ0v) is 21.3. The molecule has 2 atom stereocenters. The highest BCUT2D eigenvalue weighted by atomic mass is 19.1. The summed E-state index contributed by atoms with van der Waals surface area (Å²) >= 11 is 0. The lowest BCUT2D eigenvalue weighted by molar-refractivity contribution is -0.157. The van der Waals surface area contributed by atoms with Crippen molar-refractivity contribution in [1.29, 1.82) is 0 Å². The Bertz CT molecular complexity index is 1030. The molecule has 1 aliphatic heterocycles. The predicted octanol–water partition coefficient (Wildman–Crippen LogP) is 4.60. The summed E-state index contributed by atoms with van der Waals surface area (Å²) in [6.45, 7) is 5.83. The molecule has 3 rings (SSSR count). The fourth-order valence-electron chi connectivity index (χ4n) is 4.10. The first-order valence-electron chi connectivity index (χ1n) is 12.1. The maximum absolute atomic E-state index is 13.8. The average Bonchev–Trinajstić information content (AvgIpc) is 2.86. The van der Waals surface area contributed by atoms with E-state index >= 15 is 0 Å². The molecular weight excluding hydrogens is 467 g/mol. The number of methoxy groups -OCH3 is 2. The molecule has 0 aliphatic carbocycles. The third kappa shape index (κ3) is 6.84. The van der Waals surface area contributed by atoms with Crippen molar-refractivity contribution in [3.63, 3.8) is 0 Å². The summed E-state index contributed by atoms with van der Waals surface area (Å²) in [5.41, 5.74) is 3.16. The molecule has 1 saturated heterocycles. The molecule has 2 aromatic rings. The molecule has 7 nitrogen and oxygen atoms in total. The van der Waals surface area contributed by atoms with Gasteiger partial charge < -0.3 is 28.8 Å². The molecular formula is C28H35FO7. The number of hydrogen-bond donors (Lipinski definition) is 1. The number of benzene rings is 2. The number of rotatable bonds is 12. The maximum Gasteiger partial charge on any atom is 0.315 e. The van der Waals surface area contributed by atoms with E-state index in [0.717, 1.165) is 16.7 Å². The van der Waals surface area contributed by atoms with E-state index in [1.807, 2.05) is 12.1 Å². The molecule has 8 heteroatoms. The highest BCUT2D eigenvalue weighted by Crippen LogP contribution is 2.45. The summed E-state index contributed by atoms with van der Waals surface area (Å²) in [7, 11) is 3.18.